The molecular weight excluding hydrogens is 466 g/mol. The molecule has 34 heavy (non-hydrogen) atoms. The van der Waals surface area contributed by atoms with Crippen LogP contribution < -0.4 is 4.74 Å². The molecule has 0 saturated heterocycles. The van der Waals surface area contributed by atoms with Gasteiger partial charge in [-0.3, -0.25) is 4.98 Å². The van der Waals surface area contributed by atoms with Crippen molar-refractivity contribution < 1.29 is 31.5 Å². The Balaban J connectivity index is 1.66. The van der Waals surface area contributed by atoms with Gasteiger partial charge >= 0.3 is 6.09 Å². The van der Waals surface area contributed by atoms with Crippen LogP contribution in [0.5, 0.6) is 5.75 Å². The van der Waals surface area contributed by atoms with Gasteiger partial charge in [0, 0.05) is 25.5 Å². The first kappa shape index (κ1) is 25.6. The van der Waals surface area contributed by atoms with E-state index in [1.807, 2.05) is 39.8 Å². The summed E-state index contributed by atoms with van der Waals surface area (Å²) in [6.45, 7) is 8.30. The zero-order valence-corrected chi connectivity index (χ0v) is 20.6. The lowest BCUT2D eigenvalue weighted by Crippen LogP contribution is -2.41. The van der Waals surface area contributed by atoms with Crippen LogP contribution in [-0.2, 0) is 21.2 Å². The molecule has 1 aliphatic heterocycles. The molecule has 3 rings (SSSR count). The van der Waals surface area contributed by atoms with Crippen LogP contribution in [0.3, 0.4) is 0 Å². The highest BCUT2D eigenvalue weighted by Crippen LogP contribution is 2.29. The van der Waals surface area contributed by atoms with E-state index in [0.29, 0.717) is 18.8 Å². The number of ether oxygens (including phenoxy) is 2. The smallest absolute Gasteiger partial charge is 0.410 e. The van der Waals surface area contributed by atoms with E-state index in [0.717, 1.165) is 29.5 Å². The summed E-state index contributed by atoms with van der Waals surface area (Å²) in [5.74, 6) is -3.17. The molecule has 0 fully saturated rings. The van der Waals surface area contributed by atoms with Crippen molar-refractivity contribution in [3.63, 3.8) is 0 Å². The molecule has 1 aromatic carbocycles. The second-order valence-corrected chi connectivity index (χ2v) is 11.2. The summed E-state index contributed by atoms with van der Waals surface area (Å²) in [5.41, 5.74) is 1.85. The molecule has 1 aliphatic rings. The van der Waals surface area contributed by atoms with Crippen molar-refractivity contribution >= 4 is 21.5 Å². The quantitative estimate of drug-likeness (QED) is 0.603. The number of aromatic nitrogens is 1. The van der Waals surface area contributed by atoms with Crippen LogP contribution in [0.1, 0.15) is 39.0 Å². The number of carbonyl (C=O) groups is 1. The third kappa shape index (κ3) is 6.11. The minimum absolute atomic E-state index is 0.0654. The first-order valence-electron chi connectivity index (χ1n) is 10.7. The Morgan fingerprint density at radius 1 is 1.18 bits per heavy atom. The van der Waals surface area contributed by atoms with Gasteiger partial charge in [0.25, 0.3) is 0 Å². The fourth-order valence-electron chi connectivity index (χ4n) is 3.54. The number of rotatable bonds is 5. The summed E-state index contributed by atoms with van der Waals surface area (Å²) in [5, 5.41) is 0. The Morgan fingerprint density at radius 3 is 2.44 bits per heavy atom. The highest BCUT2D eigenvalue weighted by molar-refractivity contribution is 7.90. The highest BCUT2D eigenvalue weighted by atomic mass is 32.2. The monoisotopic (exact) mass is 494 g/mol. The largest absolute Gasteiger partial charge is 0.484 e. The van der Waals surface area contributed by atoms with E-state index >= 15 is 0 Å². The molecule has 0 N–H and O–H groups in total. The molecule has 0 bridgehead atoms. The van der Waals surface area contributed by atoms with Crippen LogP contribution in [0.25, 0.3) is 5.57 Å². The van der Waals surface area contributed by atoms with Gasteiger partial charge in [0.2, 0.25) is 5.82 Å². The SMILES string of the molecule is CC1CN(C(=O)OC(C)(C)C)CC=C1c1ccc(COc2ccc(S(C)(=O)=O)c(F)c2F)nc1. The zero-order valence-electron chi connectivity index (χ0n) is 19.8. The Labute approximate surface area is 198 Å². The standard InChI is InChI=1S/C24H28F2N2O5S/c1-15-13-28(23(29)33-24(2,3)4)11-10-18(15)16-6-7-17(27-12-16)14-32-19-8-9-20(34(5,30)31)22(26)21(19)25/h6-10,12,15H,11,13-14H2,1-5H3. The molecule has 0 saturated carbocycles. The molecule has 0 aliphatic carbocycles. The number of hydrogen-bond donors (Lipinski definition) is 0. The van der Waals surface area contributed by atoms with Crippen molar-refractivity contribution in [2.24, 2.45) is 5.92 Å². The summed E-state index contributed by atoms with van der Waals surface area (Å²) < 4.78 is 62.0. The van der Waals surface area contributed by atoms with E-state index in [2.05, 4.69) is 4.98 Å². The van der Waals surface area contributed by atoms with Gasteiger partial charge in [-0.15, -0.1) is 0 Å². The predicted octanol–water partition coefficient (Wildman–Crippen LogP) is 4.61. The van der Waals surface area contributed by atoms with E-state index in [4.69, 9.17) is 9.47 Å². The minimum atomic E-state index is -3.89. The average molecular weight is 495 g/mol. The van der Waals surface area contributed by atoms with Crippen molar-refractivity contribution in [3.05, 3.63) is 59.4 Å². The van der Waals surface area contributed by atoms with Crippen molar-refractivity contribution in [2.45, 2.75) is 44.8 Å². The number of hydrogen-bond acceptors (Lipinski definition) is 6. The van der Waals surface area contributed by atoms with Gasteiger partial charge in [0.1, 0.15) is 17.1 Å². The van der Waals surface area contributed by atoms with Crippen LogP contribution in [-0.4, -0.2) is 49.3 Å². The first-order chi connectivity index (χ1) is 15.8. The Hall–Kier alpha value is -3.01. The van der Waals surface area contributed by atoms with E-state index in [1.165, 1.54) is 0 Å². The Kier molecular flexibility index (Phi) is 7.30. The van der Waals surface area contributed by atoms with Crippen LogP contribution in [0.4, 0.5) is 13.6 Å². The maximum absolute atomic E-state index is 14.2. The second-order valence-electron chi connectivity index (χ2n) is 9.23. The molecule has 7 nitrogen and oxygen atoms in total. The van der Waals surface area contributed by atoms with Crippen molar-refractivity contribution in [2.75, 3.05) is 19.3 Å². The van der Waals surface area contributed by atoms with E-state index in [9.17, 15) is 22.0 Å². The highest BCUT2D eigenvalue weighted by Gasteiger charge is 2.27. The molecule has 0 spiro atoms. The van der Waals surface area contributed by atoms with E-state index < -0.39 is 37.7 Å². The van der Waals surface area contributed by atoms with Crippen LogP contribution in [0.2, 0.25) is 0 Å². The number of carbonyl (C=O) groups excluding carboxylic acids is 1. The Bertz CT molecular complexity index is 1210. The van der Waals surface area contributed by atoms with Gasteiger partial charge in [0.05, 0.1) is 5.69 Å². The van der Waals surface area contributed by atoms with Gasteiger partial charge in [-0.25, -0.2) is 17.6 Å². The van der Waals surface area contributed by atoms with Gasteiger partial charge in [-0.1, -0.05) is 19.1 Å². The molecule has 1 unspecified atom stereocenters. The van der Waals surface area contributed by atoms with Crippen LogP contribution in [0.15, 0.2) is 41.4 Å². The second kappa shape index (κ2) is 9.69. The van der Waals surface area contributed by atoms with Crippen molar-refractivity contribution in [1.82, 2.24) is 9.88 Å². The van der Waals surface area contributed by atoms with Crippen molar-refractivity contribution in [1.29, 1.82) is 0 Å². The van der Waals surface area contributed by atoms with E-state index in [1.54, 1.807) is 17.2 Å². The summed E-state index contributed by atoms with van der Waals surface area (Å²) in [7, 11) is -3.89. The summed E-state index contributed by atoms with van der Waals surface area (Å²) >= 11 is 0. The topological polar surface area (TPSA) is 85.8 Å². The van der Waals surface area contributed by atoms with Gasteiger partial charge in [0.15, 0.2) is 21.4 Å². The van der Waals surface area contributed by atoms with E-state index in [-0.39, 0.29) is 18.6 Å². The molecular formula is C24H28F2N2O5S. The maximum Gasteiger partial charge on any atom is 0.410 e. The first-order valence-corrected chi connectivity index (χ1v) is 12.6. The summed E-state index contributed by atoms with van der Waals surface area (Å²) in [4.78, 5) is 17.6. The number of sulfone groups is 1. The molecule has 1 atom stereocenters. The summed E-state index contributed by atoms with van der Waals surface area (Å²) in [6, 6.07) is 5.61. The fraction of sp³-hybridized carbons (Fsp3) is 0.417. The number of pyridine rings is 1. The summed E-state index contributed by atoms with van der Waals surface area (Å²) in [6.07, 6.45) is 4.07. The normalized spacial score (nSPS) is 16.7. The molecule has 10 heteroatoms. The van der Waals surface area contributed by atoms with Gasteiger partial charge in [-0.2, -0.15) is 4.39 Å². The predicted molar refractivity (Wildman–Crippen MR) is 123 cm³/mol. The Morgan fingerprint density at radius 2 is 1.88 bits per heavy atom. The lowest BCUT2D eigenvalue weighted by atomic mass is 9.91. The number of nitrogens with zero attached hydrogens (tertiary/aromatic N) is 2. The third-order valence-corrected chi connectivity index (χ3v) is 6.27. The van der Waals surface area contributed by atoms with Crippen LogP contribution in [0, 0.1) is 17.6 Å². The molecule has 0 radical (unpaired) electrons. The molecule has 1 amide bonds. The fourth-order valence-corrected chi connectivity index (χ4v) is 4.27. The van der Waals surface area contributed by atoms with Crippen LogP contribution >= 0.6 is 0 Å². The lowest BCUT2D eigenvalue weighted by Gasteiger charge is -2.33. The van der Waals surface area contributed by atoms with Gasteiger partial charge in [-0.05, 0) is 56.0 Å². The van der Waals surface area contributed by atoms with Crippen molar-refractivity contribution in [3.8, 4) is 5.75 Å². The average Bonchev–Trinajstić information content (AvgIpc) is 2.73. The van der Waals surface area contributed by atoms with Gasteiger partial charge < -0.3 is 14.4 Å². The molecule has 2 heterocycles. The number of amides is 1. The maximum atomic E-state index is 14.2. The zero-order chi connectivity index (χ0) is 25.3. The lowest BCUT2D eigenvalue weighted by molar-refractivity contribution is 0.0251. The number of benzene rings is 1. The minimum Gasteiger partial charge on any atom is -0.484 e. The molecule has 1 aromatic heterocycles. The number of halogens is 2. The molecule has 2 aromatic rings. The molecule has 184 valence electrons. The third-order valence-electron chi connectivity index (χ3n) is 5.15.